The van der Waals surface area contributed by atoms with E-state index in [1.165, 1.54) is 51.6 Å². The Bertz CT molecular complexity index is 1110. The van der Waals surface area contributed by atoms with E-state index in [9.17, 15) is 5.11 Å². The van der Waals surface area contributed by atoms with Gasteiger partial charge in [0.2, 0.25) is 0 Å². The minimum Gasteiger partial charge on any atom is -0.508 e. The molecule has 3 aliphatic heterocycles. The molecule has 4 nitrogen and oxygen atoms in total. The molecule has 0 unspecified atom stereocenters. The third-order valence-corrected chi connectivity index (χ3v) is 7.50. The number of alkyl halides is 1. The molecule has 0 atom stereocenters. The van der Waals surface area contributed by atoms with Crippen molar-refractivity contribution in [3.63, 3.8) is 0 Å². The summed E-state index contributed by atoms with van der Waals surface area (Å²) in [6, 6.07) is 18.9. The minimum absolute atomic E-state index is 0. The van der Waals surface area contributed by atoms with E-state index in [0.717, 1.165) is 44.7 Å². The summed E-state index contributed by atoms with van der Waals surface area (Å²) in [5, 5.41) is 12.9. The summed E-state index contributed by atoms with van der Waals surface area (Å²) >= 11 is 4.19. The number of nitrogens with zero attached hydrogens (tertiary/aromatic N) is 2. The number of halogens is 2. The summed E-state index contributed by atoms with van der Waals surface area (Å²) in [6.45, 7) is 17.0. The molecule has 3 aromatic carbocycles. The first-order chi connectivity index (χ1) is 20.3. The van der Waals surface area contributed by atoms with Crippen LogP contribution < -0.4 is 5.32 Å². The summed E-state index contributed by atoms with van der Waals surface area (Å²) in [7, 11) is 4.29. The van der Waals surface area contributed by atoms with Crippen LogP contribution in [0.25, 0.3) is 0 Å². The van der Waals surface area contributed by atoms with Crippen LogP contribution in [-0.4, -0.2) is 53.1 Å². The maximum Gasteiger partial charge on any atom is 0.119 e. The number of rotatable bonds is 0. The van der Waals surface area contributed by atoms with Gasteiger partial charge in [-0.1, -0.05) is 91.9 Å². The fourth-order valence-electron chi connectivity index (χ4n) is 5.39. The van der Waals surface area contributed by atoms with Crippen LogP contribution in [0, 0.1) is 18.8 Å². The Balaban J connectivity index is 0.000000551. The van der Waals surface area contributed by atoms with Crippen molar-refractivity contribution in [3.05, 3.63) is 104 Å². The van der Waals surface area contributed by atoms with E-state index in [4.69, 9.17) is 0 Å². The zero-order chi connectivity index (χ0) is 31.5. The number of aryl methyl sites for hydroxylation is 2. The number of phenols is 1. The van der Waals surface area contributed by atoms with Crippen molar-refractivity contribution < 1.29 is 23.7 Å². The van der Waals surface area contributed by atoms with E-state index in [1.54, 1.807) is 17.2 Å². The topological polar surface area (TPSA) is 38.7 Å². The van der Waals surface area contributed by atoms with Crippen molar-refractivity contribution in [1.82, 2.24) is 15.1 Å². The summed E-state index contributed by atoms with van der Waals surface area (Å²) in [5.41, 5.74) is 11.4. The van der Waals surface area contributed by atoms with E-state index in [0.29, 0.717) is 5.75 Å². The zero-order valence-electron chi connectivity index (χ0n) is 27.5. The third kappa shape index (κ3) is 14.6. The summed E-state index contributed by atoms with van der Waals surface area (Å²) in [5.74, 6) is 0.459. The third-order valence-electron chi connectivity index (χ3n) is 7.50. The molecule has 0 saturated carbocycles. The van der Waals surface area contributed by atoms with Gasteiger partial charge in [0.15, 0.2) is 0 Å². The van der Waals surface area contributed by atoms with Gasteiger partial charge in [0.05, 0.1) is 0 Å². The Morgan fingerprint density at radius 1 is 0.744 bits per heavy atom. The Labute approximate surface area is 303 Å². The molecule has 3 heterocycles. The van der Waals surface area contributed by atoms with Gasteiger partial charge < -0.3 is 42.8 Å². The number of phenolic OH excluding ortho intramolecular Hbond substituents is 1. The van der Waals surface area contributed by atoms with E-state index >= 15 is 0 Å². The van der Waals surface area contributed by atoms with E-state index < -0.39 is 0 Å². The molecule has 1 radical (unpaired) electrons. The van der Waals surface area contributed by atoms with Crippen molar-refractivity contribution in [2.45, 2.75) is 73.5 Å². The molecule has 7 heteroatoms. The van der Waals surface area contributed by atoms with Crippen molar-refractivity contribution in [3.8, 4) is 5.75 Å². The number of benzene rings is 3. The van der Waals surface area contributed by atoms with Gasteiger partial charge in [-0.05, 0) is 109 Å². The molecule has 2 N–H and O–H groups in total. The Kier molecular flexibility index (Phi) is 24.2. The van der Waals surface area contributed by atoms with Gasteiger partial charge in [0, 0.05) is 51.3 Å². The second kappa shape index (κ2) is 24.6. The number of fused-ring (bicyclic) bond motifs is 3. The number of aromatic hydroxyl groups is 1. The van der Waals surface area contributed by atoms with E-state index in [2.05, 4.69) is 120 Å². The van der Waals surface area contributed by atoms with Crippen molar-refractivity contribution in [2.24, 2.45) is 0 Å². The summed E-state index contributed by atoms with van der Waals surface area (Å²) < 4.78 is 1.22. The smallest absolute Gasteiger partial charge is 0.119 e. The van der Waals surface area contributed by atoms with E-state index in [1.807, 2.05) is 42.5 Å². The molecule has 0 spiro atoms. The van der Waals surface area contributed by atoms with Crippen LogP contribution in [0.1, 0.15) is 65.3 Å². The van der Waals surface area contributed by atoms with Crippen LogP contribution in [0.15, 0.2) is 54.6 Å². The maximum absolute atomic E-state index is 9.52. The Morgan fingerprint density at radius 2 is 1.16 bits per heavy atom. The molecule has 0 bridgehead atoms. The quantitative estimate of drug-likeness (QED) is 0.135. The average Bonchev–Trinajstić information content (AvgIpc) is 3.01. The first-order valence-electron chi connectivity index (χ1n) is 15.2. The van der Waals surface area contributed by atoms with Crippen LogP contribution in [0.4, 0.5) is 0 Å². The molecule has 3 aliphatic rings. The van der Waals surface area contributed by atoms with Crippen LogP contribution in [-0.2, 0) is 57.5 Å². The second-order valence-electron chi connectivity index (χ2n) is 10.5. The van der Waals surface area contributed by atoms with Crippen LogP contribution in [0.3, 0.4) is 0 Å². The molecule has 0 saturated heterocycles. The molecule has 3 aromatic rings. The SMILES string of the molecule is CC.CCI.CN1CCc2c(O)cccc2C1.Cc1cccc2c1CCN(C)C2.Cc1cccc2c1CCNC2.[CH2-]I.[V]. The normalized spacial score (nSPS) is 14.6. The predicted octanol–water partition coefficient (Wildman–Crippen LogP) is 8.68. The molecular weight excluding hydrogens is 795 g/mol. The summed E-state index contributed by atoms with van der Waals surface area (Å²) in [6.07, 6.45) is 3.39. The van der Waals surface area contributed by atoms with Crippen molar-refractivity contribution in [1.29, 1.82) is 0 Å². The van der Waals surface area contributed by atoms with Crippen LogP contribution >= 0.6 is 45.2 Å². The van der Waals surface area contributed by atoms with Gasteiger partial charge in [-0.3, -0.25) is 4.93 Å². The monoisotopic (exact) mass is 849 g/mol. The van der Waals surface area contributed by atoms with Crippen LogP contribution in [0.2, 0.25) is 0 Å². The predicted molar refractivity (Wildman–Crippen MR) is 201 cm³/mol. The Morgan fingerprint density at radius 3 is 1.67 bits per heavy atom. The molecule has 0 amide bonds. The fourth-order valence-corrected chi connectivity index (χ4v) is 5.39. The van der Waals surface area contributed by atoms with Gasteiger partial charge in [0.25, 0.3) is 0 Å². The molecule has 43 heavy (non-hydrogen) atoms. The second-order valence-corrected chi connectivity index (χ2v) is 12.0. The molecule has 0 fully saturated rings. The standard InChI is InChI=1S/C11H15N.C10H13NO.C10H13N.C2H5I.C2H6.CH2I.V/c1-9-4-3-5-10-8-12(2)7-6-11(9)10;1-11-6-5-9-8(7-11)3-2-4-10(9)12;1-8-3-2-4-9-7-11-6-5-10(8)9;1-2-3;2*1-2;/h3-5H,6-8H2,1-2H3;2-4,12H,5-7H2,1H3;2-4,11H,5-7H2,1H3;2H2,1H3;1-2H3;1H2;/q;;;;;-1;. The number of nitrogens with one attached hydrogen (secondary N) is 1. The van der Waals surface area contributed by atoms with Gasteiger partial charge in [0.1, 0.15) is 5.75 Å². The Hall–Kier alpha value is -0.616. The van der Waals surface area contributed by atoms with Crippen molar-refractivity contribution >= 4 is 45.2 Å². The zero-order valence-corrected chi connectivity index (χ0v) is 33.2. The largest absolute Gasteiger partial charge is 0.508 e. The first kappa shape index (κ1) is 42.4. The van der Waals surface area contributed by atoms with Gasteiger partial charge >= 0.3 is 0 Å². The molecule has 0 aliphatic carbocycles. The minimum atomic E-state index is 0. The average molecular weight is 850 g/mol. The number of hydrogen-bond donors (Lipinski definition) is 2. The van der Waals surface area contributed by atoms with E-state index in [-0.39, 0.29) is 18.6 Å². The number of likely N-dealkylation sites (N-methyl/N-ethyl adjacent to an activating group) is 2. The molecular formula is C36H54I2N3OV-. The van der Waals surface area contributed by atoms with Gasteiger partial charge in [-0.25, -0.2) is 0 Å². The van der Waals surface area contributed by atoms with Gasteiger partial charge in [-0.2, -0.15) is 0 Å². The number of hydrogen-bond acceptors (Lipinski definition) is 4. The van der Waals surface area contributed by atoms with Gasteiger partial charge in [-0.15, -0.1) is 0 Å². The summed E-state index contributed by atoms with van der Waals surface area (Å²) in [4.78, 5) is 7.86. The fraction of sp³-hybridized carbons (Fsp3) is 0.472. The van der Waals surface area contributed by atoms with Crippen LogP contribution in [0.5, 0.6) is 5.75 Å². The molecule has 0 aromatic heterocycles. The molecule has 239 valence electrons. The maximum atomic E-state index is 9.52. The van der Waals surface area contributed by atoms with Crippen molar-refractivity contribution in [2.75, 3.05) is 38.2 Å². The molecule has 6 rings (SSSR count). The first-order valence-corrected chi connectivity index (χ1v) is 18.2.